The number of carbonyl (C=O) groups excluding carboxylic acids is 1. The number of rotatable bonds is 3. The molecule has 2 rings (SSSR count). The van der Waals surface area contributed by atoms with Crippen molar-refractivity contribution >= 4 is 51.6 Å². The van der Waals surface area contributed by atoms with Crippen molar-refractivity contribution in [3.63, 3.8) is 0 Å². The minimum Gasteiger partial charge on any atom is -0.351 e. The van der Waals surface area contributed by atoms with Crippen LogP contribution in [0.2, 0.25) is 0 Å². The fourth-order valence-electron chi connectivity index (χ4n) is 1.51. The van der Waals surface area contributed by atoms with Gasteiger partial charge in [0.05, 0.1) is 4.88 Å². The van der Waals surface area contributed by atoms with E-state index in [1.807, 2.05) is 11.8 Å². The number of alkyl halides is 1. The Labute approximate surface area is 111 Å². The van der Waals surface area contributed by atoms with Gasteiger partial charge in [0.25, 0.3) is 5.91 Å². The van der Waals surface area contributed by atoms with E-state index in [1.165, 1.54) is 16.2 Å². The summed E-state index contributed by atoms with van der Waals surface area (Å²) in [5.74, 6) is 2.37. The molecule has 1 N–H and O–H groups in total. The van der Waals surface area contributed by atoms with E-state index >= 15 is 0 Å². The van der Waals surface area contributed by atoms with Gasteiger partial charge in [-0.15, -0.1) is 11.3 Å². The predicted molar refractivity (Wildman–Crippen MR) is 75.4 cm³/mol. The molecule has 1 aliphatic heterocycles. The number of fused-ring (bicyclic) bond motifs is 1. The van der Waals surface area contributed by atoms with Crippen LogP contribution >= 0.6 is 45.7 Å². The standard InChI is InChI=1S/C10H12INOS2/c11-2-3-12-10(13)9-5-7-6-14-4-1-8(7)15-9/h5H,1-4,6H2,(H,12,13). The third-order valence-electron chi connectivity index (χ3n) is 2.23. The molecule has 0 spiro atoms. The average Bonchev–Trinajstić information content (AvgIpc) is 2.69. The van der Waals surface area contributed by atoms with Crippen LogP contribution in [0, 0.1) is 0 Å². The van der Waals surface area contributed by atoms with Crippen LogP contribution in [-0.4, -0.2) is 22.6 Å². The highest BCUT2D eigenvalue weighted by Crippen LogP contribution is 2.31. The van der Waals surface area contributed by atoms with Crippen molar-refractivity contribution < 1.29 is 4.79 Å². The molecular weight excluding hydrogens is 341 g/mol. The van der Waals surface area contributed by atoms with Gasteiger partial charge in [0.15, 0.2) is 0 Å². The first-order chi connectivity index (χ1) is 7.31. The molecule has 2 nitrogen and oxygen atoms in total. The first-order valence-corrected chi connectivity index (χ1v) is 8.34. The van der Waals surface area contributed by atoms with Crippen LogP contribution in [0.4, 0.5) is 0 Å². The Kier molecular flexibility index (Phi) is 4.33. The molecule has 0 fully saturated rings. The molecule has 0 atom stereocenters. The van der Waals surface area contributed by atoms with Crippen molar-refractivity contribution in [3.8, 4) is 0 Å². The molecule has 0 bridgehead atoms. The maximum atomic E-state index is 11.7. The van der Waals surface area contributed by atoms with Gasteiger partial charge in [-0.1, -0.05) is 22.6 Å². The third-order valence-corrected chi connectivity index (χ3v) is 5.01. The molecule has 82 valence electrons. The minimum atomic E-state index is 0.0936. The number of halogens is 1. The summed E-state index contributed by atoms with van der Waals surface area (Å²) in [5.41, 5.74) is 1.37. The molecule has 1 amide bonds. The van der Waals surface area contributed by atoms with Gasteiger partial charge in [0.2, 0.25) is 0 Å². The Bertz CT molecular complexity index is 341. The van der Waals surface area contributed by atoms with Gasteiger partial charge in [0, 0.05) is 21.6 Å². The highest BCUT2D eigenvalue weighted by molar-refractivity contribution is 14.1. The normalized spacial score (nSPS) is 14.7. The lowest BCUT2D eigenvalue weighted by Gasteiger charge is -2.08. The summed E-state index contributed by atoms with van der Waals surface area (Å²) in [6.45, 7) is 0.761. The van der Waals surface area contributed by atoms with Crippen LogP contribution in [0.1, 0.15) is 20.1 Å². The number of nitrogens with one attached hydrogen (secondary N) is 1. The molecule has 2 heterocycles. The average molecular weight is 353 g/mol. The Hall–Kier alpha value is 0.250. The van der Waals surface area contributed by atoms with Crippen molar-refractivity contribution in [2.24, 2.45) is 0 Å². The van der Waals surface area contributed by atoms with Gasteiger partial charge in [-0.2, -0.15) is 11.8 Å². The summed E-state index contributed by atoms with van der Waals surface area (Å²) < 4.78 is 0.963. The number of amides is 1. The summed E-state index contributed by atoms with van der Waals surface area (Å²) in [6, 6.07) is 2.06. The Morgan fingerprint density at radius 1 is 1.60 bits per heavy atom. The fourth-order valence-corrected chi connectivity index (χ4v) is 4.07. The molecule has 5 heteroatoms. The molecule has 0 saturated carbocycles. The first kappa shape index (κ1) is 11.7. The molecule has 1 aliphatic rings. The maximum Gasteiger partial charge on any atom is 0.261 e. The van der Waals surface area contributed by atoms with Crippen molar-refractivity contribution in [2.75, 3.05) is 16.7 Å². The summed E-state index contributed by atoms with van der Waals surface area (Å²) >= 11 is 5.88. The number of hydrogen-bond donors (Lipinski definition) is 1. The topological polar surface area (TPSA) is 29.1 Å². The molecule has 0 saturated heterocycles. The van der Waals surface area contributed by atoms with E-state index in [0.717, 1.165) is 28.0 Å². The number of thioether (sulfide) groups is 1. The van der Waals surface area contributed by atoms with Crippen LogP contribution in [-0.2, 0) is 12.2 Å². The zero-order valence-corrected chi connectivity index (χ0v) is 12.0. The zero-order chi connectivity index (χ0) is 10.7. The molecule has 1 aromatic heterocycles. The van der Waals surface area contributed by atoms with Crippen LogP contribution in [0.15, 0.2) is 6.07 Å². The van der Waals surface area contributed by atoms with Crippen LogP contribution in [0.3, 0.4) is 0 Å². The second-order valence-electron chi connectivity index (χ2n) is 3.31. The zero-order valence-electron chi connectivity index (χ0n) is 8.22. The summed E-state index contributed by atoms with van der Waals surface area (Å²) in [6.07, 6.45) is 1.13. The number of aryl methyl sites for hydroxylation is 1. The number of carbonyl (C=O) groups is 1. The van der Waals surface area contributed by atoms with E-state index in [-0.39, 0.29) is 5.91 Å². The number of hydrogen-bond acceptors (Lipinski definition) is 3. The van der Waals surface area contributed by atoms with Crippen LogP contribution in [0.25, 0.3) is 0 Å². The lowest BCUT2D eigenvalue weighted by atomic mass is 10.2. The SMILES string of the molecule is O=C(NCCI)c1cc2c(s1)CCSC2. The van der Waals surface area contributed by atoms with Gasteiger partial charge in [0.1, 0.15) is 0 Å². The largest absolute Gasteiger partial charge is 0.351 e. The second kappa shape index (κ2) is 5.54. The van der Waals surface area contributed by atoms with Crippen LogP contribution < -0.4 is 5.32 Å². The van der Waals surface area contributed by atoms with Gasteiger partial charge < -0.3 is 5.32 Å². The fraction of sp³-hybridized carbons (Fsp3) is 0.500. The van der Waals surface area contributed by atoms with E-state index in [9.17, 15) is 4.79 Å². The van der Waals surface area contributed by atoms with Gasteiger partial charge in [-0.3, -0.25) is 4.79 Å². The predicted octanol–water partition coefficient (Wildman–Crippen LogP) is 2.70. The Morgan fingerprint density at radius 2 is 2.47 bits per heavy atom. The lowest BCUT2D eigenvalue weighted by Crippen LogP contribution is -2.24. The second-order valence-corrected chi connectivity index (χ2v) is 6.63. The van der Waals surface area contributed by atoms with E-state index in [2.05, 4.69) is 34.0 Å². The van der Waals surface area contributed by atoms with E-state index < -0.39 is 0 Å². The quantitative estimate of drug-likeness (QED) is 0.669. The maximum absolute atomic E-state index is 11.7. The molecule has 0 aromatic carbocycles. The first-order valence-electron chi connectivity index (χ1n) is 4.84. The van der Waals surface area contributed by atoms with Crippen molar-refractivity contribution in [3.05, 3.63) is 21.4 Å². The van der Waals surface area contributed by atoms with Crippen molar-refractivity contribution in [2.45, 2.75) is 12.2 Å². The summed E-state index contributed by atoms with van der Waals surface area (Å²) in [5, 5.41) is 2.91. The molecule has 0 aliphatic carbocycles. The lowest BCUT2D eigenvalue weighted by molar-refractivity contribution is 0.0960. The Balaban J connectivity index is 2.08. The van der Waals surface area contributed by atoms with Gasteiger partial charge >= 0.3 is 0 Å². The van der Waals surface area contributed by atoms with E-state index in [4.69, 9.17) is 0 Å². The Morgan fingerprint density at radius 3 is 3.20 bits per heavy atom. The summed E-state index contributed by atoms with van der Waals surface area (Å²) in [4.78, 5) is 14.0. The molecule has 0 radical (unpaired) electrons. The highest BCUT2D eigenvalue weighted by Gasteiger charge is 2.16. The van der Waals surface area contributed by atoms with Crippen molar-refractivity contribution in [1.29, 1.82) is 0 Å². The monoisotopic (exact) mass is 353 g/mol. The number of thiophene rings is 1. The third kappa shape index (κ3) is 2.88. The van der Waals surface area contributed by atoms with E-state index in [1.54, 1.807) is 11.3 Å². The molecule has 1 aromatic rings. The minimum absolute atomic E-state index is 0.0936. The summed E-state index contributed by atoms with van der Waals surface area (Å²) in [7, 11) is 0. The molecular formula is C10H12INOS2. The van der Waals surface area contributed by atoms with Crippen molar-refractivity contribution in [1.82, 2.24) is 5.32 Å². The smallest absolute Gasteiger partial charge is 0.261 e. The highest BCUT2D eigenvalue weighted by atomic mass is 127. The van der Waals surface area contributed by atoms with Crippen LogP contribution in [0.5, 0.6) is 0 Å². The van der Waals surface area contributed by atoms with Gasteiger partial charge in [-0.25, -0.2) is 0 Å². The molecule has 15 heavy (non-hydrogen) atoms. The molecule has 0 unspecified atom stereocenters. The van der Waals surface area contributed by atoms with Gasteiger partial charge in [-0.05, 0) is 23.8 Å². The van der Waals surface area contributed by atoms with E-state index in [0.29, 0.717) is 0 Å².